The van der Waals surface area contributed by atoms with Gasteiger partial charge < -0.3 is 15.5 Å². The highest BCUT2D eigenvalue weighted by atomic mass is 32.1. The number of aromatic nitrogens is 1. The Labute approximate surface area is 126 Å². The van der Waals surface area contributed by atoms with Crippen molar-refractivity contribution in [1.82, 2.24) is 9.88 Å². The lowest BCUT2D eigenvalue weighted by atomic mass is 9.97. The van der Waals surface area contributed by atoms with E-state index in [2.05, 4.69) is 23.9 Å². The van der Waals surface area contributed by atoms with Crippen LogP contribution in [0.1, 0.15) is 42.3 Å². The molecular formula is C15H26N4S. The molecular weight excluding hydrogens is 268 g/mol. The van der Waals surface area contributed by atoms with E-state index in [9.17, 15) is 0 Å². The number of hydrogen-bond acceptors (Lipinski definition) is 5. The first kappa shape index (κ1) is 14.3. The van der Waals surface area contributed by atoms with E-state index in [-0.39, 0.29) is 6.04 Å². The Balaban J connectivity index is 1.64. The van der Waals surface area contributed by atoms with E-state index in [0.717, 1.165) is 18.9 Å². The number of nitrogens with two attached hydrogens (primary N) is 1. The molecule has 20 heavy (non-hydrogen) atoms. The minimum atomic E-state index is 0.167. The van der Waals surface area contributed by atoms with Gasteiger partial charge in [-0.1, -0.05) is 0 Å². The fourth-order valence-corrected chi connectivity index (χ4v) is 4.45. The molecule has 1 aromatic heterocycles. The van der Waals surface area contributed by atoms with Gasteiger partial charge in [0, 0.05) is 24.5 Å². The first-order chi connectivity index (χ1) is 9.63. The summed E-state index contributed by atoms with van der Waals surface area (Å²) >= 11 is 1.86. The van der Waals surface area contributed by atoms with Crippen molar-refractivity contribution in [2.45, 2.75) is 38.1 Å². The van der Waals surface area contributed by atoms with Crippen molar-refractivity contribution in [1.29, 1.82) is 0 Å². The monoisotopic (exact) mass is 294 g/mol. The van der Waals surface area contributed by atoms with Crippen molar-refractivity contribution in [3.05, 3.63) is 10.6 Å². The lowest BCUT2D eigenvalue weighted by Gasteiger charge is -2.31. The number of likely N-dealkylation sites (tertiary alicyclic amines) is 1. The van der Waals surface area contributed by atoms with Gasteiger partial charge in [0.05, 0.1) is 5.69 Å². The minimum Gasteiger partial charge on any atom is -0.351 e. The van der Waals surface area contributed by atoms with Crippen molar-refractivity contribution in [3.63, 3.8) is 0 Å². The van der Waals surface area contributed by atoms with Crippen molar-refractivity contribution in [3.8, 4) is 0 Å². The molecule has 0 aromatic carbocycles. The predicted octanol–water partition coefficient (Wildman–Crippen LogP) is 2.26. The second-order valence-corrected chi connectivity index (χ2v) is 7.49. The topological polar surface area (TPSA) is 45.4 Å². The number of nitrogens with zero attached hydrogens (tertiary/aromatic N) is 3. The van der Waals surface area contributed by atoms with Gasteiger partial charge in [0.1, 0.15) is 0 Å². The summed E-state index contributed by atoms with van der Waals surface area (Å²) in [5.41, 5.74) is 7.35. The van der Waals surface area contributed by atoms with E-state index < -0.39 is 0 Å². The number of rotatable bonds is 3. The third kappa shape index (κ3) is 3.00. The molecule has 0 saturated carbocycles. The van der Waals surface area contributed by atoms with Crippen LogP contribution in [-0.4, -0.2) is 43.6 Å². The summed E-state index contributed by atoms with van der Waals surface area (Å²) in [4.78, 5) is 11.0. The van der Waals surface area contributed by atoms with Gasteiger partial charge in [-0.05, 0) is 58.2 Å². The lowest BCUT2D eigenvalue weighted by Crippen LogP contribution is -2.35. The largest absolute Gasteiger partial charge is 0.351 e. The number of aryl methyl sites for hydroxylation is 1. The Hall–Kier alpha value is -0.650. The summed E-state index contributed by atoms with van der Waals surface area (Å²) < 4.78 is 0. The van der Waals surface area contributed by atoms with Crippen LogP contribution in [0.2, 0.25) is 0 Å². The van der Waals surface area contributed by atoms with Crippen molar-refractivity contribution < 1.29 is 0 Å². The molecule has 5 heteroatoms. The Kier molecular flexibility index (Phi) is 4.29. The van der Waals surface area contributed by atoms with Crippen LogP contribution in [0.5, 0.6) is 0 Å². The quantitative estimate of drug-likeness (QED) is 0.929. The molecule has 0 amide bonds. The molecule has 1 aliphatic heterocycles. The van der Waals surface area contributed by atoms with Crippen LogP contribution in [0.15, 0.2) is 0 Å². The summed E-state index contributed by atoms with van der Waals surface area (Å²) in [6.45, 7) is 3.60. The van der Waals surface area contributed by atoms with Gasteiger partial charge >= 0.3 is 0 Å². The van der Waals surface area contributed by atoms with Gasteiger partial charge in [-0.15, -0.1) is 11.3 Å². The molecule has 112 valence electrons. The second-order valence-electron chi connectivity index (χ2n) is 6.43. The molecule has 0 bridgehead atoms. The number of fused-ring (bicyclic) bond motifs is 1. The van der Waals surface area contributed by atoms with Gasteiger partial charge in [0.15, 0.2) is 5.13 Å². The van der Waals surface area contributed by atoms with Crippen LogP contribution in [0.3, 0.4) is 0 Å². The fourth-order valence-electron chi connectivity index (χ4n) is 3.31. The average molecular weight is 294 g/mol. The number of anilines is 1. The zero-order valence-corrected chi connectivity index (χ0v) is 13.5. The zero-order valence-electron chi connectivity index (χ0n) is 12.6. The average Bonchev–Trinajstić information content (AvgIpc) is 2.87. The highest BCUT2D eigenvalue weighted by molar-refractivity contribution is 7.15. The molecule has 1 unspecified atom stereocenters. The maximum atomic E-state index is 6.18. The van der Waals surface area contributed by atoms with Gasteiger partial charge in [0.25, 0.3) is 0 Å². The van der Waals surface area contributed by atoms with Crippen LogP contribution in [0, 0.1) is 5.92 Å². The molecule has 2 aliphatic rings. The van der Waals surface area contributed by atoms with Crippen LogP contribution < -0.4 is 10.6 Å². The zero-order chi connectivity index (χ0) is 14.1. The highest BCUT2D eigenvalue weighted by Crippen LogP contribution is 2.35. The number of hydrogen-bond donors (Lipinski definition) is 1. The van der Waals surface area contributed by atoms with Crippen molar-refractivity contribution in [2.75, 3.05) is 38.6 Å². The van der Waals surface area contributed by atoms with Gasteiger partial charge in [0.2, 0.25) is 0 Å². The Morgan fingerprint density at radius 3 is 2.80 bits per heavy atom. The first-order valence-corrected chi connectivity index (χ1v) is 8.60. The van der Waals surface area contributed by atoms with E-state index in [1.165, 1.54) is 54.5 Å². The normalized spacial score (nSPS) is 24.6. The molecule has 0 spiro atoms. The maximum absolute atomic E-state index is 6.18. The molecule has 0 radical (unpaired) electrons. The van der Waals surface area contributed by atoms with E-state index in [1.54, 1.807) is 0 Å². The third-order valence-electron chi connectivity index (χ3n) is 4.68. The predicted molar refractivity (Wildman–Crippen MR) is 85.5 cm³/mol. The van der Waals surface area contributed by atoms with Gasteiger partial charge in [-0.2, -0.15) is 0 Å². The molecule has 1 fully saturated rings. The molecule has 1 aromatic rings. The van der Waals surface area contributed by atoms with E-state index in [0.29, 0.717) is 0 Å². The third-order valence-corrected chi connectivity index (χ3v) is 5.93. The molecule has 1 saturated heterocycles. The smallest absolute Gasteiger partial charge is 0.185 e. The Morgan fingerprint density at radius 1 is 1.35 bits per heavy atom. The molecule has 4 nitrogen and oxygen atoms in total. The first-order valence-electron chi connectivity index (χ1n) is 7.78. The van der Waals surface area contributed by atoms with Crippen molar-refractivity contribution >= 4 is 16.5 Å². The SMILES string of the molecule is CN1CCC(CN(C)c2nc3c(s2)CCCC3N)CC1. The summed E-state index contributed by atoms with van der Waals surface area (Å²) in [5.74, 6) is 0.811. The summed E-state index contributed by atoms with van der Waals surface area (Å²) in [6.07, 6.45) is 6.10. The molecule has 2 heterocycles. The standard InChI is InChI=1S/C15H26N4S/c1-18-8-6-11(7-9-18)10-19(2)15-17-14-12(16)4-3-5-13(14)20-15/h11-12H,3-10,16H2,1-2H3. The summed E-state index contributed by atoms with van der Waals surface area (Å²) in [7, 11) is 4.41. The van der Waals surface area contributed by atoms with Crippen LogP contribution >= 0.6 is 11.3 Å². The maximum Gasteiger partial charge on any atom is 0.185 e. The summed E-state index contributed by atoms with van der Waals surface area (Å²) in [6, 6.07) is 0.167. The molecule has 2 N–H and O–H groups in total. The molecule has 1 atom stereocenters. The van der Waals surface area contributed by atoms with Gasteiger partial charge in [-0.25, -0.2) is 4.98 Å². The number of thiazole rings is 1. The van der Waals surface area contributed by atoms with E-state index in [4.69, 9.17) is 10.7 Å². The van der Waals surface area contributed by atoms with Crippen LogP contribution in [-0.2, 0) is 6.42 Å². The fraction of sp³-hybridized carbons (Fsp3) is 0.800. The molecule has 3 rings (SSSR count). The Bertz CT molecular complexity index is 451. The molecule has 1 aliphatic carbocycles. The van der Waals surface area contributed by atoms with E-state index >= 15 is 0 Å². The highest BCUT2D eigenvalue weighted by Gasteiger charge is 2.24. The van der Waals surface area contributed by atoms with Crippen LogP contribution in [0.4, 0.5) is 5.13 Å². The second kappa shape index (κ2) is 6.00. The minimum absolute atomic E-state index is 0.167. The Morgan fingerprint density at radius 2 is 2.10 bits per heavy atom. The lowest BCUT2D eigenvalue weighted by molar-refractivity contribution is 0.222. The summed E-state index contributed by atoms with van der Waals surface area (Å²) in [5, 5.41) is 1.17. The van der Waals surface area contributed by atoms with Crippen LogP contribution in [0.25, 0.3) is 0 Å². The number of piperidine rings is 1. The van der Waals surface area contributed by atoms with E-state index in [1.807, 2.05) is 11.3 Å². The van der Waals surface area contributed by atoms with Crippen molar-refractivity contribution in [2.24, 2.45) is 11.7 Å². The van der Waals surface area contributed by atoms with Gasteiger partial charge in [-0.3, -0.25) is 0 Å².